The van der Waals surface area contributed by atoms with E-state index in [2.05, 4.69) is 34.6 Å². The molecule has 130 valence electrons. The lowest BCUT2D eigenvalue weighted by atomic mass is 9.72. The number of rotatable bonds is 3. The molecule has 0 aromatic heterocycles. The minimum atomic E-state index is -1.54. The first-order valence-electron chi connectivity index (χ1n) is 7.90. The van der Waals surface area contributed by atoms with E-state index in [1.807, 2.05) is 0 Å². The Morgan fingerprint density at radius 1 is 0.833 bits per heavy atom. The third-order valence-electron chi connectivity index (χ3n) is 4.08. The third kappa shape index (κ3) is 3.74. The molecule has 0 spiro atoms. The summed E-state index contributed by atoms with van der Waals surface area (Å²) in [6.45, 7) is 10.5. The first kappa shape index (κ1) is 18.4. The Balaban J connectivity index is 2.56. The number of phenolic OH excluding ortho intramolecular Hbond substituents is 1. The molecule has 0 saturated heterocycles. The van der Waals surface area contributed by atoms with Crippen LogP contribution in [0.1, 0.15) is 46.6 Å². The first-order chi connectivity index (χ1) is 10.9. The van der Waals surface area contributed by atoms with Crippen molar-refractivity contribution >= 4 is 0 Å². The fourth-order valence-electron chi connectivity index (χ4n) is 3.33. The standard InChI is InChI=1S/C20H23F3O/c1-19(2,3)11-20(4,5)12-6-9-16(24)14(10-12)13-7-8-15(21)18(23)17(13)22/h6-10,24H,11H2,1-5H3. The lowest BCUT2D eigenvalue weighted by Gasteiger charge is -2.33. The van der Waals surface area contributed by atoms with Crippen LogP contribution in [0.15, 0.2) is 30.3 Å². The lowest BCUT2D eigenvalue weighted by molar-refractivity contribution is 0.284. The zero-order chi connectivity index (χ0) is 18.3. The molecule has 0 aliphatic heterocycles. The molecular weight excluding hydrogens is 313 g/mol. The van der Waals surface area contributed by atoms with E-state index in [9.17, 15) is 18.3 Å². The van der Waals surface area contributed by atoms with E-state index in [0.717, 1.165) is 24.1 Å². The normalized spacial score (nSPS) is 12.5. The highest BCUT2D eigenvalue weighted by molar-refractivity contribution is 5.71. The molecule has 2 aromatic carbocycles. The zero-order valence-electron chi connectivity index (χ0n) is 14.7. The van der Waals surface area contributed by atoms with Gasteiger partial charge in [-0.1, -0.05) is 40.7 Å². The highest BCUT2D eigenvalue weighted by Gasteiger charge is 2.28. The summed E-state index contributed by atoms with van der Waals surface area (Å²) in [4.78, 5) is 0. The van der Waals surface area contributed by atoms with Crippen LogP contribution in [0.25, 0.3) is 11.1 Å². The predicted molar refractivity (Wildman–Crippen MR) is 90.5 cm³/mol. The molecule has 1 N–H and O–H groups in total. The van der Waals surface area contributed by atoms with Crippen molar-refractivity contribution in [3.8, 4) is 16.9 Å². The van der Waals surface area contributed by atoms with Crippen LogP contribution < -0.4 is 0 Å². The number of hydrogen-bond acceptors (Lipinski definition) is 1. The van der Waals surface area contributed by atoms with Crippen LogP contribution in [0.4, 0.5) is 13.2 Å². The van der Waals surface area contributed by atoms with E-state index in [4.69, 9.17) is 0 Å². The Kier molecular flexibility index (Phi) is 4.71. The molecule has 24 heavy (non-hydrogen) atoms. The Labute approximate surface area is 141 Å². The van der Waals surface area contributed by atoms with Gasteiger partial charge in [0.15, 0.2) is 17.5 Å². The lowest BCUT2D eigenvalue weighted by Crippen LogP contribution is -2.24. The van der Waals surface area contributed by atoms with Gasteiger partial charge >= 0.3 is 0 Å². The van der Waals surface area contributed by atoms with E-state index in [1.54, 1.807) is 12.1 Å². The van der Waals surface area contributed by atoms with Gasteiger partial charge in [-0.2, -0.15) is 0 Å². The molecule has 0 bridgehead atoms. The summed E-state index contributed by atoms with van der Waals surface area (Å²) in [6, 6.07) is 6.90. The van der Waals surface area contributed by atoms with Gasteiger partial charge in [0.25, 0.3) is 0 Å². The van der Waals surface area contributed by atoms with Crippen molar-refractivity contribution in [2.24, 2.45) is 5.41 Å². The maximum Gasteiger partial charge on any atom is 0.195 e. The Hall–Kier alpha value is -1.97. The summed E-state index contributed by atoms with van der Waals surface area (Å²) in [5, 5.41) is 10.1. The highest BCUT2D eigenvalue weighted by Crippen LogP contribution is 2.40. The molecule has 4 heteroatoms. The molecule has 0 aliphatic carbocycles. The molecule has 0 amide bonds. The van der Waals surface area contributed by atoms with Crippen molar-refractivity contribution in [1.82, 2.24) is 0 Å². The Morgan fingerprint density at radius 3 is 2.04 bits per heavy atom. The molecule has 0 heterocycles. The largest absolute Gasteiger partial charge is 0.507 e. The minimum absolute atomic E-state index is 0.0782. The van der Waals surface area contributed by atoms with E-state index in [0.29, 0.717) is 0 Å². The summed E-state index contributed by atoms with van der Waals surface area (Å²) in [5.41, 5.74) is 0.755. The van der Waals surface area contributed by atoms with Crippen molar-refractivity contribution in [2.75, 3.05) is 0 Å². The number of phenols is 1. The van der Waals surface area contributed by atoms with Crippen LogP contribution >= 0.6 is 0 Å². The molecule has 1 nitrogen and oxygen atoms in total. The molecule has 0 fully saturated rings. The van der Waals surface area contributed by atoms with Crippen LogP contribution in [0.3, 0.4) is 0 Å². The second-order valence-corrected chi connectivity index (χ2v) is 8.08. The van der Waals surface area contributed by atoms with Crippen molar-refractivity contribution in [2.45, 2.75) is 46.5 Å². The van der Waals surface area contributed by atoms with Gasteiger partial charge in [-0.3, -0.25) is 0 Å². The number of benzene rings is 2. The van der Waals surface area contributed by atoms with E-state index >= 15 is 0 Å². The summed E-state index contributed by atoms with van der Waals surface area (Å²) in [5.74, 6) is -4.25. The fraction of sp³-hybridized carbons (Fsp3) is 0.400. The predicted octanol–water partition coefficient (Wildman–Crippen LogP) is 6.19. The highest BCUT2D eigenvalue weighted by atomic mass is 19.2. The summed E-state index contributed by atoms with van der Waals surface area (Å²) in [7, 11) is 0. The van der Waals surface area contributed by atoms with Crippen molar-refractivity contribution in [1.29, 1.82) is 0 Å². The number of hydrogen-bond donors (Lipinski definition) is 1. The van der Waals surface area contributed by atoms with Gasteiger partial charge in [0.2, 0.25) is 0 Å². The molecule has 0 atom stereocenters. The van der Waals surface area contributed by atoms with Gasteiger partial charge in [0.05, 0.1) is 0 Å². The van der Waals surface area contributed by atoms with Crippen molar-refractivity contribution < 1.29 is 18.3 Å². The fourth-order valence-corrected chi connectivity index (χ4v) is 3.33. The summed E-state index contributed by atoms with van der Waals surface area (Å²) in [6.07, 6.45) is 0.866. The van der Waals surface area contributed by atoms with Crippen LogP contribution in [-0.4, -0.2) is 5.11 Å². The maximum atomic E-state index is 14.1. The zero-order valence-corrected chi connectivity index (χ0v) is 14.7. The van der Waals surface area contributed by atoms with Gasteiger partial charge in [-0.15, -0.1) is 0 Å². The average Bonchev–Trinajstić information content (AvgIpc) is 2.43. The van der Waals surface area contributed by atoms with E-state index < -0.39 is 17.5 Å². The van der Waals surface area contributed by atoms with Crippen LogP contribution in [0.5, 0.6) is 5.75 Å². The van der Waals surface area contributed by atoms with Crippen LogP contribution in [0, 0.1) is 22.9 Å². The first-order valence-corrected chi connectivity index (χ1v) is 7.90. The number of halogens is 3. The molecule has 0 unspecified atom stereocenters. The monoisotopic (exact) mass is 336 g/mol. The van der Waals surface area contributed by atoms with Crippen molar-refractivity contribution in [3.63, 3.8) is 0 Å². The Bertz CT molecular complexity index is 758. The van der Waals surface area contributed by atoms with Gasteiger partial charge in [-0.05, 0) is 47.1 Å². The third-order valence-corrected chi connectivity index (χ3v) is 4.08. The molecule has 0 radical (unpaired) electrons. The van der Waals surface area contributed by atoms with Gasteiger partial charge < -0.3 is 5.11 Å². The maximum absolute atomic E-state index is 14.1. The molecule has 2 aromatic rings. The SMILES string of the molecule is CC(C)(C)CC(C)(C)c1ccc(O)c(-c2ccc(F)c(F)c2F)c1. The smallest absolute Gasteiger partial charge is 0.195 e. The van der Waals surface area contributed by atoms with E-state index in [1.165, 1.54) is 6.07 Å². The average molecular weight is 336 g/mol. The molecule has 2 rings (SSSR count). The molecule has 0 saturated carbocycles. The topological polar surface area (TPSA) is 20.2 Å². The minimum Gasteiger partial charge on any atom is -0.507 e. The Morgan fingerprint density at radius 2 is 1.46 bits per heavy atom. The van der Waals surface area contributed by atoms with Gasteiger partial charge in [0.1, 0.15) is 5.75 Å². The van der Waals surface area contributed by atoms with Crippen molar-refractivity contribution in [3.05, 3.63) is 53.3 Å². The van der Waals surface area contributed by atoms with E-state index in [-0.39, 0.29) is 27.7 Å². The second-order valence-electron chi connectivity index (χ2n) is 8.08. The van der Waals surface area contributed by atoms with Crippen LogP contribution in [-0.2, 0) is 5.41 Å². The number of aromatic hydroxyl groups is 1. The summed E-state index contributed by atoms with van der Waals surface area (Å²) >= 11 is 0. The molecular formula is C20H23F3O. The summed E-state index contributed by atoms with van der Waals surface area (Å²) < 4.78 is 40.8. The van der Waals surface area contributed by atoms with Gasteiger partial charge in [0, 0.05) is 11.1 Å². The van der Waals surface area contributed by atoms with Crippen LogP contribution in [0.2, 0.25) is 0 Å². The quantitative estimate of drug-likeness (QED) is 0.663. The molecule has 0 aliphatic rings. The second kappa shape index (κ2) is 6.15. The van der Waals surface area contributed by atoms with Gasteiger partial charge in [-0.25, -0.2) is 13.2 Å².